The van der Waals surface area contributed by atoms with E-state index in [9.17, 15) is 4.79 Å². The highest BCUT2D eigenvalue weighted by Crippen LogP contribution is 2.46. The molecule has 3 heterocycles. The average molecular weight is 610 g/mol. The minimum absolute atomic E-state index is 0.0298. The minimum Gasteiger partial charge on any atom is -0.495 e. The number of aryl methyl sites for hydroxylation is 1. The van der Waals surface area contributed by atoms with Crippen molar-refractivity contribution in [2.75, 3.05) is 50.3 Å². The van der Waals surface area contributed by atoms with Crippen LogP contribution in [0.2, 0.25) is 10.0 Å². The molecule has 3 N–H and O–H groups in total. The Morgan fingerprint density at radius 3 is 2.45 bits per heavy atom. The molecule has 1 saturated heterocycles. The van der Waals surface area contributed by atoms with Crippen molar-refractivity contribution in [3.63, 3.8) is 0 Å². The topological polar surface area (TPSA) is 101 Å². The van der Waals surface area contributed by atoms with Crippen molar-refractivity contribution in [3.8, 4) is 22.8 Å². The predicted octanol–water partition coefficient (Wildman–Crippen LogP) is 7.14. The van der Waals surface area contributed by atoms with E-state index < -0.39 is 0 Å². The number of anilines is 4. The smallest absolute Gasteiger partial charge is 0.224 e. The van der Waals surface area contributed by atoms with Crippen LogP contribution in [0, 0.1) is 6.92 Å². The number of hydrogen-bond donors (Lipinski definition) is 3. The molecule has 1 aliphatic rings. The summed E-state index contributed by atoms with van der Waals surface area (Å²) in [5, 5.41) is 12.4. The molecule has 0 atom stereocenters. The van der Waals surface area contributed by atoms with Crippen molar-refractivity contribution in [2.45, 2.75) is 32.7 Å². The second kappa shape index (κ2) is 12.6. The third-order valence-electron chi connectivity index (χ3n) is 7.23. The van der Waals surface area contributed by atoms with Gasteiger partial charge in [-0.05, 0) is 44.2 Å². The summed E-state index contributed by atoms with van der Waals surface area (Å²) in [5.41, 5.74) is 3.55. The SMILES string of the molecule is CCCC(=O)Nc1cccc(C)c1Nc1cc2c(NC3CN(C)C3)nc(-c3c(Cl)c(OC)cc(OC)c3Cl)cc2cn1. The van der Waals surface area contributed by atoms with Gasteiger partial charge < -0.3 is 30.3 Å². The van der Waals surface area contributed by atoms with Crippen LogP contribution in [0.25, 0.3) is 22.0 Å². The molecule has 5 rings (SSSR count). The van der Waals surface area contributed by atoms with Gasteiger partial charge in [0, 0.05) is 48.1 Å². The number of methoxy groups -OCH3 is 2. The molecule has 2 aromatic carbocycles. The van der Waals surface area contributed by atoms with E-state index in [0.717, 1.165) is 41.5 Å². The molecule has 2 aromatic heterocycles. The fourth-order valence-corrected chi connectivity index (χ4v) is 5.75. The van der Waals surface area contributed by atoms with Gasteiger partial charge in [0.25, 0.3) is 0 Å². The van der Waals surface area contributed by atoms with Gasteiger partial charge in [0.05, 0.1) is 47.4 Å². The van der Waals surface area contributed by atoms with E-state index in [4.69, 9.17) is 42.6 Å². The molecule has 11 heteroatoms. The maximum atomic E-state index is 12.4. The van der Waals surface area contributed by atoms with Gasteiger partial charge >= 0.3 is 0 Å². The van der Waals surface area contributed by atoms with E-state index >= 15 is 0 Å². The minimum atomic E-state index is -0.0298. The average Bonchev–Trinajstić information content (AvgIpc) is 2.94. The molecular formula is C31H34Cl2N6O3. The molecule has 0 saturated carbocycles. The van der Waals surface area contributed by atoms with Crippen LogP contribution >= 0.6 is 23.2 Å². The van der Waals surface area contributed by atoms with Crippen LogP contribution in [0.15, 0.2) is 42.6 Å². The summed E-state index contributed by atoms with van der Waals surface area (Å²) in [7, 11) is 5.16. The lowest BCUT2D eigenvalue weighted by Crippen LogP contribution is -2.52. The number of rotatable bonds is 10. The van der Waals surface area contributed by atoms with Gasteiger partial charge in [-0.25, -0.2) is 9.97 Å². The summed E-state index contributed by atoms with van der Waals surface area (Å²) in [4.78, 5) is 24.3. The molecule has 1 amide bonds. The second-order valence-electron chi connectivity index (χ2n) is 10.4. The lowest BCUT2D eigenvalue weighted by Gasteiger charge is -2.37. The molecule has 42 heavy (non-hydrogen) atoms. The third-order valence-corrected chi connectivity index (χ3v) is 7.98. The standard InChI is InChI=1S/C31H34Cl2N6O3/c1-6-8-26(40)36-21-10-7-9-17(2)30(21)38-25-12-20-18(14-34-25)11-22(37-31(20)35-19-15-39(3)16-19)27-28(32)23(41-4)13-24(42-5)29(27)33/h7,9-14,19H,6,8,15-16H2,1-5H3,(H,34,38)(H,35,37)(H,36,40). The zero-order valence-corrected chi connectivity index (χ0v) is 25.8. The molecule has 220 valence electrons. The number of pyridine rings is 2. The maximum absolute atomic E-state index is 12.4. The number of amides is 1. The number of hydrogen-bond acceptors (Lipinski definition) is 8. The number of carbonyl (C=O) groups excluding carboxylic acids is 1. The summed E-state index contributed by atoms with van der Waals surface area (Å²) < 4.78 is 11.0. The van der Waals surface area contributed by atoms with E-state index in [1.165, 1.54) is 0 Å². The lowest BCUT2D eigenvalue weighted by molar-refractivity contribution is -0.116. The highest BCUT2D eigenvalue weighted by Gasteiger charge is 2.26. The van der Waals surface area contributed by atoms with Crippen LogP contribution in [-0.4, -0.2) is 61.2 Å². The summed E-state index contributed by atoms with van der Waals surface area (Å²) in [6, 6.07) is 11.5. The predicted molar refractivity (Wildman–Crippen MR) is 171 cm³/mol. The van der Waals surface area contributed by atoms with Crippen molar-refractivity contribution in [3.05, 3.63) is 58.2 Å². The highest BCUT2D eigenvalue weighted by atomic mass is 35.5. The fraction of sp³-hybridized carbons (Fsp3) is 0.323. The van der Waals surface area contributed by atoms with E-state index in [0.29, 0.717) is 56.5 Å². The second-order valence-corrected chi connectivity index (χ2v) is 11.2. The molecule has 0 spiro atoms. The highest BCUT2D eigenvalue weighted by molar-refractivity contribution is 6.41. The molecule has 0 aliphatic carbocycles. The maximum Gasteiger partial charge on any atom is 0.224 e. The van der Waals surface area contributed by atoms with Gasteiger partial charge in [-0.3, -0.25) is 4.79 Å². The zero-order valence-electron chi connectivity index (χ0n) is 24.3. The largest absolute Gasteiger partial charge is 0.495 e. The molecule has 4 aromatic rings. The van der Waals surface area contributed by atoms with Gasteiger partial charge in [-0.1, -0.05) is 42.3 Å². The molecular weight excluding hydrogens is 575 g/mol. The van der Waals surface area contributed by atoms with Gasteiger partial charge in [-0.15, -0.1) is 0 Å². The Morgan fingerprint density at radius 2 is 1.81 bits per heavy atom. The van der Waals surface area contributed by atoms with E-state index in [2.05, 4.69) is 27.9 Å². The first-order valence-electron chi connectivity index (χ1n) is 13.7. The van der Waals surface area contributed by atoms with Crippen molar-refractivity contribution < 1.29 is 14.3 Å². The van der Waals surface area contributed by atoms with Crippen LogP contribution in [-0.2, 0) is 4.79 Å². The van der Waals surface area contributed by atoms with Gasteiger partial charge in [0.2, 0.25) is 5.91 Å². The Kier molecular flexibility index (Phi) is 8.91. The van der Waals surface area contributed by atoms with Crippen molar-refractivity contribution in [1.82, 2.24) is 14.9 Å². The quantitative estimate of drug-likeness (QED) is 0.175. The zero-order chi connectivity index (χ0) is 30.0. The van der Waals surface area contributed by atoms with E-state index in [1.54, 1.807) is 26.5 Å². The van der Waals surface area contributed by atoms with Crippen molar-refractivity contribution in [2.24, 2.45) is 0 Å². The Morgan fingerprint density at radius 1 is 1.10 bits per heavy atom. The number of halogens is 2. The number of fused-ring (bicyclic) bond motifs is 1. The van der Waals surface area contributed by atoms with Crippen LogP contribution in [0.3, 0.4) is 0 Å². The summed E-state index contributed by atoms with van der Waals surface area (Å²) >= 11 is 13.5. The number of carbonyl (C=O) groups is 1. The Balaban J connectivity index is 1.60. The fourth-order valence-electron chi connectivity index (χ4n) is 5.05. The first kappa shape index (κ1) is 29.7. The Hall–Kier alpha value is -3.79. The number of likely N-dealkylation sites (N-methyl/N-ethyl adjacent to an activating group) is 1. The van der Waals surface area contributed by atoms with Crippen LogP contribution in [0.5, 0.6) is 11.5 Å². The molecule has 1 aliphatic heterocycles. The number of aromatic nitrogens is 2. The third kappa shape index (κ3) is 6.04. The molecule has 9 nitrogen and oxygen atoms in total. The van der Waals surface area contributed by atoms with Gasteiger partial charge in [0.1, 0.15) is 23.1 Å². The van der Waals surface area contributed by atoms with E-state index in [-0.39, 0.29) is 11.9 Å². The van der Waals surface area contributed by atoms with Gasteiger partial charge in [-0.2, -0.15) is 0 Å². The number of benzene rings is 2. The number of para-hydroxylation sites is 1. The molecule has 0 radical (unpaired) electrons. The molecule has 0 unspecified atom stereocenters. The lowest BCUT2D eigenvalue weighted by atomic mass is 10.1. The number of ether oxygens (including phenoxy) is 2. The number of likely N-dealkylation sites (tertiary alicyclic amines) is 1. The Labute approximate surface area is 255 Å². The summed E-state index contributed by atoms with van der Waals surface area (Å²) in [5.74, 6) is 2.13. The molecule has 1 fully saturated rings. The van der Waals surface area contributed by atoms with Crippen molar-refractivity contribution >= 4 is 62.9 Å². The Bertz CT molecular complexity index is 1610. The monoisotopic (exact) mass is 608 g/mol. The summed E-state index contributed by atoms with van der Waals surface area (Å²) in [6.45, 7) is 5.75. The van der Waals surface area contributed by atoms with Gasteiger partial charge in [0.15, 0.2) is 0 Å². The number of nitrogens with zero attached hydrogens (tertiary/aromatic N) is 3. The summed E-state index contributed by atoms with van der Waals surface area (Å²) in [6.07, 6.45) is 3.01. The van der Waals surface area contributed by atoms with E-state index in [1.807, 2.05) is 44.2 Å². The van der Waals surface area contributed by atoms with Crippen molar-refractivity contribution in [1.29, 1.82) is 0 Å². The normalized spacial score (nSPS) is 13.5. The first-order chi connectivity index (χ1) is 20.2. The van der Waals surface area contributed by atoms with Crippen LogP contribution in [0.4, 0.5) is 23.0 Å². The molecule has 0 bridgehead atoms. The van der Waals surface area contributed by atoms with Crippen LogP contribution < -0.4 is 25.4 Å². The first-order valence-corrected chi connectivity index (χ1v) is 14.5. The van der Waals surface area contributed by atoms with Crippen LogP contribution in [0.1, 0.15) is 25.3 Å². The number of nitrogens with one attached hydrogen (secondary N) is 3.